The van der Waals surface area contributed by atoms with E-state index in [2.05, 4.69) is 0 Å². The van der Waals surface area contributed by atoms with Gasteiger partial charge in [-0.05, 0) is 31.5 Å². The minimum Gasteiger partial charge on any atom is -0.478 e. The van der Waals surface area contributed by atoms with Gasteiger partial charge in [0, 0.05) is 10.6 Å². The lowest BCUT2D eigenvalue weighted by atomic mass is 10.1. The number of halogens is 1. The van der Waals surface area contributed by atoms with Crippen molar-refractivity contribution in [2.24, 2.45) is 0 Å². The van der Waals surface area contributed by atoms with E-state index in [1.807, 2.05) is 26.0 Å². The zero-order valence-electron chi connectivity index (χ0n) is 7.73. The summed E-state index contributed by atoms with van der Waals surface area (Å²) in [5.74, 6) is 0.171. The Kier molecular flexibility index (Phi) is 3.32. The number of rotatable bonds is 2. The molecule has 0 amide bonds. The van der Waals surface area contributed by atoms with Crippen molar-refractivity contribution in [3.05, 3.63) is 34.3 Å². The first-order valence-electron chi connectivity index (χ1n) is 4.13. The van der Waals surface area contributed by atoms with Gasteiger partial charge in [-0.15, -0.1) is 0 Å². The van der Waals surface area contributed by atoms with Gasteiger partial charge in [-0.2, -0.15) is 0 Å². The van der Waals surface area contributed by atoms with Crippen molar-refractivity contribution in [1.82, 2.24) is 0 Å². The van der Waals surface area contributed by atoms with Gasteiger partial charge >= 0.3 is 0 Å². The Bertz CT molecular complexity index is 323. The van der Waals surface area contributed by atoms with Gasteiger partial charge in [0.25, 0.3) is 0 Å². The maximum Gasteiger partial charge on any atom is 0.213 e. The van der Waals surface area contributed by atoms with Crippen molar-refractivity contribution in [2.75, 3.05) is 6.61 Å². The summed E-state index contributed by atoms with van der Waals surface area (Å²) in [4.78, 5) is 0. The van der Waals surface area contributed by atoms with E-state index >= 15 is 0 Å². The van der Waals surface area contributed by atoms with E-state index in [-0.39, 0.29) is 5.90 Å². The second kappa shape index (κ2) is 4.28. The Morgan fingerprint density at radius 2 is 2.23 bits per heavy atom. The predicted molar refractivity (Wildman–Crippen MR) is 54.6 cm³/mol. The quantitative estimate of drug-likeness (QED) is 0.574. The van der Waals surface area contributed by atoms with Crippen LogP contribution < -0.4 is 0 Å². The average Bonchev–Trinajstić information content (AvgIpc) is 2.10. The maximum absolute atomic E-state index is 7.52. The van der Waals surface area contributed by atoms with E-state index in [0.717, 1.165) is 11.1 Å². The van der Waals surface area contributed by atoms with Gasteiger partial charge in [-0.3, -0.25) is 5.41 Å². The average molecular weight is 198 g/mol. The molecule has 0 heterocycles. The van der Waals surface area contributed by atoms with Crippen LogP contribution in [0.3, 0.4) is 0 Å². The summed E-state index contributed by atoms with van der Waals surface area (Å²) in [6, 6.07) is 5.46. The first-order chi connectivity index (χ1) is 6.15. The van der Waals surface area contributed by atoms with Crippen LogP contribution in [-0.4, -0.2) is 12.5 Å². The van der Waals surface area contributed by atoms with Crippen LogP contribution in [0.2, 0.25) is 5.02 Å². The molecule has 0 aliphatic carbocycles. The Hall–Kier alpha value is -1.02. The van der Waals surface area contributed by atoms with Crippen LogP contribution >= 0.6 is 11.6 Å². The van der Waals surface area contributed by atoms with Crippen LogP contribution in [0.15, 0.2) is 18.2 Å². The highest BCUT2D eigenvalue weighted by molar-refractivity contribution is 6.31. The zero-order valence-corrected chi connectivity index (χ0v) is 8.48. The number of benzene rings is 1. The fourth-order valence-electron chi connectivity index (χ4n) is 0.962. The molecule has 3 heteroatoms. The molecule has 0 aliphatic rings. The number of nitrogens with one attached hydrogen (secondary N) is 1. The first-order valence-corrected chi connectivity index (χ1v) is 4.50. The normalized spacial score (nSPS) is 9.77. The third-order valence-corrected chi connectivity index (χ3v) is 2.13. The summed E-state index contributed by atoms with van der Waals surface area (Å²) >= 11 is 5.91. The molecule has 2 nitrogen and oxygen atoms in total. The van der Waals surface area contributed by atoms with Crippen LogP contribution in [0.4, 0.5) is 0 Å². The highest BCUT2D eigenvalue weighted by Gasteiger charge is 2.03. The van der Waals surface area contributed by atoms with E-state index in [9.17, 15) is 0 Å². The van der Waals surface area contributed by atoms with Gasteiger partial charge in [-0.1, -0.05) is 17.7 Å². The van der Waals surface area contributed by atoms with Crippen LogP contribution in [0.5, 0.6) is 0 Å². The second-order valence-electron chi connectivity index (χ2n) is 2.73. The molecule has 0 unspecified atom stereocenters. The molecule has 1 aromatic carbocycles. The SMILES string of the molecule is CCOC(=N)c1ccc(C)c(Cl)c1. The molecular weight excluding hydrogens is 186 g/mol. The maximum atomic E-state index is 7.52. The van der Waals surface area contributed by atoms with Gasteiger partial charge in [0.2, 0.25) is 5.90 Å². The van der Waals surface area contributed by atoms with Crippen LogP contribution in [0, 0.1) is 12.3 Å². The van der Waals surface area contributed by atoms with E-state index in [4.69, 9.17) is 21.7 Å². The lowest BCUT2D eigenvalue weighted by Gasteiger charge is -2.05. The summed E-state index contributed by atoms with van der Waals surface area (Å²) in [6.07, 6.45) is 0. The summed E-state index contributed by atoms with van der Waals surface area (Å²) in [5, 5.41) is 8.18. The first kappa shape index (κ1) is 10.1. The van der Waals surface area contributed by atoms with E-state index in [0.29, 0.717) is 11.6 Å². The Morgan fingerprint density at radius 3 is 2.77 bits per heavy atom. The Morgan fingerprint density at radius 1 is 1.54 bits per heavy atom. The predicted octanol–water partition coefficient (Wildman–Crippen LogP) is 3.01. The fourth-order valence-corrected chi connectivity index (χ4v) is 1.14. The lowest BCUT2D eigenvalue weighted by molar-refractivity contribution is 0.325. The van der Waals surface area contributed by atoms with Gasteiger partial charge in [0.1, 0.15) is 0 Å². The van der Waals surface area contributed by atoms with Gasteiger partial charge < -0.3 is 4.74 Å². The highest BCUT2D eigenvalue weighted by atomic mass is 35.5. The van der Waals surface area contributed by atoms with Crippen molar-refractivity contribution >= 4 is 17.5 Å². The number of hydrogen-bond acceptors (Lipinski definition) is 2. The summed E-state index contributed by atoms with van der Waals surface area (Å²) < 4.78 is 5.05. The van der Waals surface area contributed by atoms with Crippen LogP contribution in [0.1, 0.15) is 18.1 Å². The highest BCUT2D eigenvalue weighted by Crippen LogP contribution is 2.17. The molecule has 0 aromatic heterocycles. The third kappa shape index (κ3) is 2.46. The fraction of sp³-hybridized carbons (Fsp3) is 0.300. The molecule has 13 heavy (non-hydrogen) atoms. The molecule has 1 N–H and O–H groups in total. The number of hydrogen-bond donors (Lipinski definition) is 1. The van der Waals surface area contributed by atoms with Crippen molar-refractivity contribution in [2.45, 2.75) is 13.8 Å². The summed E-state index contributed by atoms with van der Waals surface area (Å²) in [6.45, 7) is 4.28. The molecule has 0 spiro atoms. The van der Waals surface area contributed by atoms with Gasteiger partial charge in [0.05, 0.1) is 6.61 Å². The van der Waals surface area contributed by atoms with Gasteiger partial charge in [0.15, 0.2) is 0 Å². The molecular formula is C10H12ClNO. The Labute approximate surface area is 83.0 Å². The van der Waals surface area contributed by atoms with Gasteiger partial charge in [-0.25, -0.2) is 0 Å². The molecule has 1 aromatic rings. The largest absolute Gasteiger partial charge is 0.478 e. The van der Waals surface area contributed by atoms with E-state index in [1.54, 1.807) is 6.07 Å². The van der Waals surface area contributed by atoms with Crippen molar-refractivity contribution in [3.63, 3.8) is 0 Å². The van der Waals surface area contributed by atoms with Crippen LogP contribution in [0.25, 0.3) is 0 Å². The Balaban J connectivity index is 2.90. The standard InChI is InChI=1S/C10H12ClNO/c1-3-13-10(12)8-5-4-7(2)9(11)6-8/h4-6,12H,3H2,1-2H3. The molecule has 0 saturated heterocycles. The van der Waals surface area contributed by atoms with E-state index in [1.165, 1.54) is 0 Å². The van der Waals surface area contributed by atoms with Crippen LogP contribution in [-0.2, 0) is 4.74 Å². The minimum absolute atomic E-state index is 0.171. The number of aryl methyl sites for hydroxylation is 1. The molecule has 0 aliphatic heterocycles. The molecule has 0 bridgehead atoms. The zero-order chi connectivity index (χ0) is 9.84. The molecule has 0 atom stereocenters. The second-order valence-corrected chi connectivity index (χ2v) is 3.13. The minimum atomic E-state index is 0.171. The summed E-state index contributed by atoms with van der Waals surface area (Å²) in [5.41, 5.74) is 1.73. The molecule has 0 radical (unpaired) electrons. The number of ether oxygens (including phenoxy) is 1. The van der Waals surface area contributed by atoms with Crippen molar-refractivity contribution in [3.8, 4) is 0 Å². The monoisotopic (exact) mass is 197 g/mol. The molecule has 0 saturated carbocycles. The topological polar surface area (TPSA) is 33.1 Å². The smallest absolute Gasteiger partial charge is 0.213 e. The molecule has 1 rings (SSSR count). The van der Waals surface area contributed by atoms with Crippen molar-refractivity contribution < 1.29 is 4.74 Å². The third-order valence-electron chi connectivity index (χ3n) is 1.72. The molecule has 0 fully saturated rings. The van der Waals surface area contributed by atoms with Crippen molar-refractivity contribution in [1.29, 1.82) is 5.41 Å². The lowest BCUT2D eigenvalue weighted by Crippen LogP contribution is -2.04. The van der Waals surface area contributed by atoms with E-state index < -0.39 is 0 Å². The molecule has 70 valence electrons. The summed E-state index contributed by atoms with van der Waals surface area (Å²) in [7, 11) is 0.